The first-order valence-electron chi connectivity index (χ1n) is 10.3. The van der Waals surface area contributed by atoms with Crippen LogP contribution in [0.2, 0.25) is 0 Å². The zero-order valence-electron chi connectivity index (χ0n) is 17.1. The van der Waals surface area contributed by atoms with Crippen LogP contribution in [0.4, 0.5) is 5.69 Å². The molecule has 0 unspecified atom stereocenters. The zero-order valence-corrected chi connectivity index (χ0v) is 18.7. The van der Waals surface area contributed by atoms with Crippen LogP contribution in [0.1, 0.15) is 29.6 Å². The molecule has 164 valence electrons. The van der Waals surface area contributed by atoms with E-state index in [1.807, 2.05) is 6.07 Å². The smallest absolute Gasteiger partial charge is 0.255 e. The van der Waals surface area contributed by atoms with Gasteiger partial charge in [-0.25, -0.2) is 8.42 Å². The van der Waals surface area contributed by atoms with Crippen LogP contribution in [0, 0.1) is 0 Å². The van der Waals surface area contributed by atoms with Gasteiger partial charge in [0.15, 0.2) is 0 Å². The van der Waals surface area contributed by atoms with E-state index in [4.69, 9.17) is 0 Å². The van der Waals surface area contributed by atoms with Crippen molar-refractivity contribution in [2.75, 3.05) is 30.0 Å². The topological polar surface area (TPSA) is 86.8 Å². The summed E-state index contributed by atoms with van der Waals surface area (Å²) < 4.78 is 27.1. The van der Waals surface area contributed by atoms with Gasteiger partial charge in [0.2, 0.25) is 15.9 Å². The number of rotatable bonds is 5. The normalized spacial score (nSPS) is 19.9. The lowest BCUT2D eigenvalue weighted by Gasteiger charge is -2.26. The Balaban J connectivity index is 1.43. The molecule has 4 rings (SSSR count). The largest absolute Gasteiger partial charge is 0.324 e. The van der Waals surface area contributed by atoms with E-state index in [0.717, 1.165) is 19.3 Å². The number of amides is 2. The minimum atomic E-state index is -3.51. The molecule has 0 aromatic heterocycles. The van der Waals surface area contributed by atoms with Crippen LogP contribution in [-0.2, 0) is 14.8 Å². The second kappa shape index (κ2) is 9.42. The molecule has 2 aromatic carbocycles. The van der Waals surface area contributed by atoms with Crippen LogP contribution in [0.15, 0.2) is 59.5 Å². The van der Waals surface area contributed by atoms with Gasteiger partial charge in [-0.1, -0.05) is 24.6 Å². The van der Waals surface area contributed by atoms with Crippen molar-refractivity contribution >= 4 is 39.3 Å². The van der Waals surface area contributed by atoms with E-state index in [9.17, 15) is 18.0 Å². The van der Waals surface area contributed by atoms with Crippen molar-refractivity contribution in [1.29, 1.82) is 0 Å². The minimum Gasteiger partial charge on any atom is -0.324 e. The van der Waals surface area contributed by atoms with Gasteiger partial charge in [0.25, 0.3) is 5.91 Å². The quantitative estimate of drug-likeness (QED) is 0.743. The van der Waals surface area contributed by atoms with Gasteiger partial charge in [0.1, 0.15) is 6.04 Å². The predicted molar refractivity (Wildman–Crippen MR) is 121 cm³/mol. The molecule has 2 aliphatic heterocycles. The monoisotopic (exact) mass is 459 g/mol. The second-order valence-corrected chi connectivity index (χ2v) is 10.6. The number of hydrogen-bond acceptors (Lipinski definition) is 5. The fourth-order valence-corrected chi connectivity index (χ4v) is 6.47. The molecule has 0 radical (unpaired) electrons. The predicted octanol–water partition coefficient (Wildman–Crippen LogP) is 3.02. The number of thioether (sulfide) groups is 1. The summed E-state index contributed by atoms with van der Waals surface area (Å²) in [5, 5.41) is 2.82. The fraction of sp³-hybridized carbons (Fsp3) is 0.364. The zero-order chi connectivity index (χ0) is 21.8. The molecule has 2 aromatic rings. The summed E-state index contributed by atoms with van der Waals surface area (Å²) in [5.41, 5.74) is 1.06. The van der Waals surface area contributed by atoms with E-state index < -0.39 is 16.1 Å². The fourth-order valence-electron chi connectivity index (χ4n) is 3.80. The standard InChI is InChI=1S/C22H25N3O4S2/c26-21(20-15-30-16-25(20)22(27)17-7-3-1-4-8-17)23-18-9-11-19(12-10-18)31(28,29)24-13-5-2-6-14-24/h1,3-4,7-12,20H,2,5-6,13-16H2,(H,23,26)/t20-/m0/s1. The molecule has 2 fully saturated rings. The van der Waals surface area contributed by atoms with Crippen LogP contribution in [0.3, 0.4) is 0 Å². The lowest BCUT2D eigenvalue weighted by molar-refractivity contribution is -0.119. The molecule has 1 atom stereocenters. The van der Waals surface area contributed by atoms with E-state index in [1.54, 1.807) is 41.3 Å². The van der Waals surface area contributed by atoms with Gasteiger partial charge < -0.3 is 10.2 Å². The van der Waals surface area contributed by atoms with Crippen molar-refractivity contribution in [3.05, 3.63) is 60.2 Å². The molecular weight excluding hydrogens is 434 g/mol. The third-order valence-electron chi connectivity index (χ3n) is 5.54. The van der Waals surface area contributed by atoms with Gasteiger partial charge in [-0.15, -0.1) is 11.8 Å². The Morgan fingerprint density at radius 2 is 1.61 bits per heavy atom. The number of nitrogens with one attached hydrogen (secondary N) is 1. The number of carbonyl (C=O) groups excluding carboxylic acids is 2. The maximum absolute atomic E-state index is 12.8. The summed E-state index contributed by atoms with van der Waals surface area (Å²) >= 11 is 1.53. The van der Waals surface area contributed by atoms with E-state index >= 15 is 0 Å². The summed E-state index contributed by atoms with van der Waals surface area (Å²) in [5.74, 6) is 0.527. The molecular formula is C22H25N3O4S2. The number of carbonyl (C=O) groups is 2. The van der Waals surface area contributed by atoms with E-state index in [-0.39, 0.29) is 16.7 Å². The second-order valence-electron chi connectivity index (χ2n) is 7.64. The molecule has 0 spiro atoms. The molecule has 2 heterocycles. The van der Waals surface area contributed by atoms with Gasteiger partial charge in [0.05, 0.1) is 10.8 Å². The Bertz CT molecular complexity index is 1040. The summed E-state index contributed by atoms with van der Waals surface area (Å²) in [6.07, 6.45) is 2.82. The van der Waals surface area contributed by atoms with Crippen LogP contribution in [0.5, 0.6) is 0 Å². The van der Waals surface area contributed by atoms with Crippen molar-refractivity contribution < 1.29 is 18.0 Å². The lowest BCUT2D eigenvalue weighted by atomic mass is 10.1. The van der Waals surface area contributed by atoms with Gasteiger partial charge >= 0.3 is 0 Å². The van der Waals surface area contributed by atoms with Crippen LogP contribution < -0.4 is 5.32 Å². The van der Waals surface area contributed by atoms with Gasteiger partial charge in [-0.05, 0) is 49.2 Å². The third kappa shape index (κ3) is 4.78. The third-order valence-corrected chi connectivity index (χ3v) is 8.47. The highest BCUT2D eigenvalue weighted by Crippen LogP contribution is 2.25. The summed E-state index contributed by atoms with van der Waals surface area (Å²) in [4.78, 5) is 27.4. The SMILES string of the molecule is O=C(Nc1ccc(S(=O)(=O)N2CCCCC2)cc1)[C@@H]1CSCN1C(=O)c1ccccc1. The van der Waals surface area contributed by atoms with Crippen molar-refractivity contribution in [2.45, 2.75) is 30.2 Å². The molecule has 0 bridgehead atoms. The molecule has 2 saturated heterocycles. The van der Waals surface area contributed by atoms with Crippen molar-refractivity contribution in [2.24, 2.45) is 0 Å². The number of hydrogen-bond donors (Lipinski definition) is 1. The number of anilines is 1. The van der Waals surface area contributed by atoms with E-state index in [1.165, 1.54) is 28.2 Å². The minimum absolute atomic E-state index is 0.172. The first kappa shape index (κ1) is 21.9. The summed E-state index contributed by atoms with van der Waals surface area (Å²) in [6, 6.07) is 14.6. The molecule has 7 nitrogen and oxygen atoms in total. The Labute approximate surface area is 186 Å². The van der Waals surface area contributed by atoms with E-state index in [0.29, 0.717) is 36.0 Å². The maximum atomic E-state index is 12.8. The molecule has 0 aliphatic carbocycles. The summed E-state index contributed by atoms with van der Waals surface area (Å²) in [7, 11) is -3.51. The van der Waals surface area contributed by atoms with Crippen LogP contribution in [0.25, 0.3) is 0 Å². The Morgan fingerprint density at radius 3 is 2.29 bits per heavy atom. The van der Waals surface area contributed by atoms with Crippen LogP contribution in [-0.4, -0.2) is 60.2 Å². The molecule has 0 saturated carbocycles. The van der Waals surface area contributed by atoms with Gasteiger partial charge in [-0.2, -0.15) is 4.31 Å². The highest BCUT2D eigenvalue weighted by molar-refractivity contribution is 7.99. The molecule has 31 heavy (non-hydrogen) atoms. The maximum Gasteiger partial charge on any atom is 0.255 e. The first-order valence-corrected chi connectivity index (χ1v) is 12.9. The van der Waals surface area contributed by atoms with Crippen molar-refractivity contribution in [1.82, 2.24) is 9.21 Å². The number of piperidine rings is 1. The highest BCUT2D eigenvalue weighted by Gasteiger charge is 2.35. The number of nitrogens with zero attached hydrogens (tertiary/aromatic N) is 2. The molecule has 9 heteroatoms. The molecule has 1 N–H and O–H groups in total. The Hall–Kier alpha value is -2.36. The molecule has 2 aliphatic rings. The summed E-state index contributed by atoms with van der Waals surface area (Å²) in [6.45, 7) is 1.09. The first-order chi connectivity index (χ1) is 15.0. The Kier molecular flexibility index (Phi) is 6.64. The Morgan fingerprint density at radius 1 is 0.935 bits per heavy atom. The van der Waals surface area contributed by atoms with Crippen LogP contribution >= 0.6 is 11.8 Å². The lowest BCUT2D eigenvalue weighted by Crippen LogP contribution is -2.44. The highest BCUT2D eigenvalue weighted by atomic mass is 32.2. The van der Waals surface area contributed by atoms with Crippen molar-refractivity contribution in [3.8, 4) is 0 Å². The molecule has 2 amide bonds. The van der Waals surface area contributed by atoms with Crippen molar-refractivity contribution in [3.63, 3.8) is 0 Å². The van der Waals surface area contributed by atoms with E-state index in [2.05, 4.69) is 5.32 Å². The number of benzene rings is 2. The van der Waals surface area contributed by atoms with Gasteiger partial charge in [-0.3, -0.25) is 9.59 Å². The average Bonchev–Trinajstić information content (AvgIpc) is 3.30. The van der Waals surface area contributed by atoms with Gasteiger partial charge in [0, 0.05) is 30.1 Å². The number of sulfonamides is 1. The average molecular weight is 460 g/mol.